The van der Waals surface area contributed by atoms with Gasteiger partial charge in [0.15, 0.2) is 11.5 Å². The highest BCUT2D eigenvalue weighted by Crippen LogP contribution is 2.30. The lowest BCUT2D eigenvalue weighted by molar-refractivity contribution is -0.132. The van der Waals surface area contributed by atoms with E-state index in [9.17, 15) is 14.7 Å². The van der Waals surface area contributed by atoms with Crippen molar-refractivity contribution in [2.75, 3.05) is 33.9 Å². The van der Waals surface area contributed by atoms with Crippen molar-refractivity contribution in [1.82, 2.24) is 10.2 Å². The van der Waals surface area contributed by atoms with Crippen molar-refractivity contribution >= 4 is 11.8 Å². The van der Waals surface area contributed by atoms with Crippen LogP contribution < -0.4 is 14.8 Å². The van der Waals surface area contributed by atoms with Crippen molar-refractivity contribution in [1.29, 1.82) is 0 Å². The number of nitrogens with zero attached hydrogens (tertiary/aromatic N) is 1. The van der Waals surface area contributed by atoms with Crippen LogP contribution in [0.2, 0.25) is 0 Å². The van der Waals surface area contributed by atoms with Gasteiger partial charge in [-0.25, -0.2) is 0 Å². The Hall–Kier alpha value is -3.06. The second-order valence-corrected chi connectivity index (χ2v) is 7.33. The molecule has 7 nitrogen and oxygen atoms in total. The van der Waals surface area contributed by atoms with Gasteiger partial charge in [0, 0.05) is 18.7 Å². The van der Waals surface area contributed by atoms with Gasteiger partial charge in [-0.3, -0.25) is 9.59 Å². The zero-order valence-electron chi connectivity index (χ0n) is 17.3. The van der Waals surface area contributed by atoms with Gasteiger partial charge in [0.1, 0.15) is 0 Å². The molecule has 2 aromatic rings. The smallest absolute Gasteiger partial charge is 0.251 e. The minimum Gasteiger partial charge on any atom is -0.493 e. The number of hydrogen-bond acceptors (Lipinski definition) is 5. The second kappa shape index (κ2) is 10.1. The summed E-state index contributed by atoms with van der Waals surface area (Å²) in [6.45, 7) is 1.07. The van der Waals surface area contributed by atoms with Gasteiger partial charge in [-0.2, -0.15) is 0 Å². The average Bonchev–Trinajstić information content (AvgIpc) is 2.82. The number of carbonyl (C=O) groups is 2. The fraction of sp³-hybridized carbons (Fsp3) is 0.391. The molecule has 3 rings (SSSR count). The molecule has 1 unspecified atom stereocenters. The molecule has 0 bridgehead atoms. The van der Waals surface area contributed by atoms with E-state index in [-0.39, 0.29) is 24.3 Å². The van der Waals surface area contributed by atoms with E-state index < -0.39 is 6.10 Å². The topological polar surface area (TPSA) is 88.1 Å². The first-order valence-corrected chi connectivity index (χ1v) is 10.0. The summed E-state index contributed by atoms with van der Waals surface area (Å²) < 4.78 is 10.4. The number of aliphatic hydroxyl groups excluding tert-OH is 1. The normalized spacial score (nSPS) is 15.4. The molecule has 1 aliphatic rings. The Balaban J connectivity index is 1.48. The van der Waals surface area contributed by atoms with Crippen LogP contribution in [0.25, 0.3) is 0 Å². The van der Waals surface area contributed by atoms with Gasteiger partial charge in [-0.1, -0.05) is 30.3 Å². The van der Waals surface area contributed by atoms with Crippen molar-refractivity contribution < 1.29 is 24.2 Å². The predicted octanol–water partition coefficient (Wildman–Crippen LogP) is 2.41. The number of hydrogen-bond donors (Lipinski definition) is 2. The van der Waals surface area contributed by atoms with Crippen LogP contribution in [0.3, 0.4) is 0 Å². The van der Waals surface area contributed by atoms with Crippen molar-refractivity contribution in [3.05, 3.63) is 59.7 Å². The van der Waals surface area contributed by atoms with E-state index in [4.69, 9.17) is 9.47 Å². The number of methoxy groups -OCH3 is 2. The fourth-order valence-corrected chi connectivity index (χ4v) is 3.73. The number of ether oxygens (including phenoxy) is 2. The second-order valence-electron chi connectivity index (χ2n) is 7.33. The Morgan fingerprint density at radius 1 is 1.07 bits per heavy atom. The summed E-state index contributed by atoms with van der Waals surface area (Å²) in [5, 5.41) is 13.2. The van der Waals surface area contributed by atoms with Crippen molar-refractivity contribution in [3.8, 4) is 11.5 Å². The number of carbonyl (C=O) groups excluding carboxylic acids is 2. The summed E-state index contributed by atoms with van der Waals surface area (Å²) in [5.74, 6) is 0.634. The first-order chi connectivity index (χ1) is 14.5. The van der Waals surface area contributed by atoms with Gasteiger partial charge in [0.25, 0.3) is 5.91 Å². The lowest BCUT2D eigenvalue weighted by atomic mass is 9.87. The van der Waals surface area contributed by atoms with Crippen LogP contribution in [0.15, 0.2) is 48.5 Å². The highest BCUT2D eigenvalue weighted by Gasteiger charge is 2.28. The molecule has 160 valence electrons. The van der Waals surface area contributed by atoms with Gasteiger partial charge in [0.2, 0.25) is 5.91 Å². The first kappa shape index (κ1) is 21.6. The summed E-state index contributed by atoms with van der Waals surface area (Å²) >= 11 is 0. The average molecular weight is 412 g/mol. The van der Waals surface area contributed by atoms with E-state index in [0.717, 1.165) is 18.4 Å². The maximum atomic E-state index is 12.5. The number of piperidine rings is 1. The van der Waals surface area contributed by atoms with Crippen LogP contribution in [-0.4, -0.2) is 55.7 Å². The number of rotatable bonds is 7. The van der Waals surface area contributed by atoms with Crippen molar-refractivity contribution in [2.45, 2.75) is 18.9 Å². The lowest BCUT2D eigenvalue weighted by Crippen LogP contribution is -2.44. The Bertz CT molecular complexity index is 863. The molecule has 1 aliphatic heterocycles. The molecule has 1 heterocycles. The largest absolute Gasteiger partial charge is 0.493 e. The molecule has 0 aliphatic carbocycles. The number of likely N-dealkylation sites (tertiary alicyclic amines) is 1. The summed E-state index contributed by atoms with van der Waals surface area (Å²) in [6.07, 6.45) is 0.935. The van der Waals surface area contributed by atoms with E-state index in [1.165, 1.54) is 14.2 Å². The van der Waals surface area contributed by atoms with Crippen LogP contribution in [-0.2, 0) is 4.79 Å². The molecule has 0 radical (unpaired) electrons. The molecular weight excluding hydrogens is 384 g/mol. The Labute approximate surface area is 176 Å². The zero-order valence-corrected chi connectivity index (χ0v) is 17.3. The zero-order chi connectivity index (χ0) is 21.5. The van der Waals surface area contributed by atoms with E-state index in [2.05, 4.69) is 5.32 Å². The number of benzene rings is 2. The third-order valence-electron chi connectivity index (χ3n) is 5.53. The van der Waals surface area contributed by atoms with Crippen molar-refractivity contribution in [3.63, 3.8) is 0 Å². The van der Waals surface area contributed by atoms with Crippen LogP contribution in [0.4, 0.5) is 0 Å². The molecule has 2 amide bonds. The van der Waals surface area contributed by atoms with Crippen molar-refractivity contribution in [2.24, 2.45) is 5.92 Å². The predicted molar refractivity (Wildman–Crippen MR) is 113 cm³/mol. The number of amides is 2. The molecule has 0 saturated carbocycles. The highest BCUT2D eigenvalue weighted by molar-refractivity contribution is 5.97. The SMILES string of the molecule is COc1ccc(C(=O)NCC(=O)N2CCC(C(O)c3ccccc3)CC2)cc1OC. The molecule has 0 aromatic heterocycles. The van der Waals surface area contributed by atoms with Gasteiger partial charge in [-0.15, -0.1) is 0 Å². The lowest BCUT2D eigenvalue weighted by Gasteiger charge is -2.34. The summed E-state index contributed by atoms with van der Waals surface area (Å²) in [7, 11) is 3.03. The minimum absolute atomic E-state index is 0.0704. The summed E-state index contributed by atoms with van der Waals surface area (Å²) in [6, 6.07) is 14.5. The van der Waals surface area contributed by atoms with E-state index >= 15 is 0 Å². The monoisotopic (exact) mass is 412 g/mol. The van der Waals surface area contributed by atoms with Gasteiger partial charge >= 0.3 is 0 Å². The maximum Gasteiger partial charge on any atom is 0.251 e. The van der Waals surface area contributed by atoms with Crippen LogP contribution in [0.5, 0.6) is 11.5 Å². The molecule has 1 atom stereocenters. The molecule has 2 aromatic carbocycles. The van der Waals surface area contributed by atoms with Crippen LogP contribution >= 0.6 is 0 Å². The van der Waals surface area contributed by atoms with Crippen LogP contribution in [0.1, 0.15) is 34.9 Å². The Kier molecular flexibility index (Phi) is 7.30. The standard InChI is InChI=1S/C23H28N2O5/c1-29-19-9-8-18(14-20(19)30-2)23(28)24-15-21(26)25-12-10-17(11-13-25)22(27)16-6-4-3-5-7-16/h3-9,14,17,22,27H,10-13,15H2,1-2H3,(H,24,28). The Morgan fingerprint density at radius 3 is 2.37 bits per heavy atom. The number of nitrogens with one attached hydrogen (secondary N) is 1. The third-order valence-corrected chi connectivity index (χ3v) is 5.53. The van der Waals surface area contributed by atoms with Gasteiger partial charge in [-0.05, 0) is 42.5 Å². The molecule has 1 saturated heterocycles. The quantitative estimate of drug-likeness (QED) is 0.729. The van der Waals surface area contributed by atoms with Gasteiger partial charge in [0.05, 0.1) is 26.9 Å². The van der Waals surface area contributed by atoms with E-state index in [1.807, 2.05) is 30.3 Å². The van der Waals surface area contributed by atoms with E-state index in [1.54, 1.807) is 23.1 Å². The Morgan fingerprint density at radius 2 is 1.73 bits per heavy atom. The molecule has 7 heteroatoms. The molecule has 2 N–H and O–H groups in total. The summed E-state index contributed by atoms with van der Waals surface area (Å²) in [5.41, 5.74) is 1.30. The maximum absolute atomic E-state index is 12.5. The van der Waals surface area contributed by atoms with Crippen LogP contribution in [0, 0.1) is 5.92 Å². The molecule has 1 fully saturated rings. The summed E-state index contributed by atoms with van der Waals surface area (Å²) in [4.78, 5) is 26.6. The minimum atomic E-state index is -0.520. The third kappa shape index (κ3) is 5.10. The van der Waals surface area contributed by atoms with E-state index in [0.29, 0.717) is 30.2 Å². The fourth-order valence-electron chi connectivity index (χ4n) is 3.73. The highest BCUT2D eigenvalue weighted by atomic mass is 16.5. The molecule has 0 spiro atoms. The molecule has 30 heavy (non-hydrogen) atoms. The number of aliphatic hydroxyl groups is 1. The van der Waals surface area contributed by atoms with Gasteiger partial charge < -0.3 is 24.8 Å². The molecular formula is C23H28N2O5. The first-order valence-electron chi connectivity index (χ1n) is 10.0.